The summed E-state index contributed by atoms with van der Waals surface area (Å²) in [6.07, 6.45) is 12.1. The Morgan fingerprint density at radius 1 is 0.972 bits per heavy atom. The number of amides is 1. The summed E-state index contributed by atoms with van der Waals surface area (Å²) < 4.78 is 17.0. The molecule has 1 aromatic heterocycles. The zero-order chi connectivity index (χ0) is 26.3. The summed E-state index contributed by atoms with van der Waals surface area (Å²) in [5, 5.41) is 4.28. The van der Waals surface area contributed by atoms with Crippen molar-refractivity contribution in [1.82, 2.24) is 15.0 Å². The van der Waals surface area contributed by atoms with Crippen LogP contribution in [-0.2, 0) is 14.3 Å². The maximum atomic E-state index is 12.9. The highest BCUT2D eigenvalue weighted by Gasteiger charge is 2.35. The topological polar surface area (TPSA) is 94.8 Å². The Balaban J connectivity index is 1.71. The standard InChI is InChI=1S/C28H47N3O5/c1-27(2,3)34-23(32)19-21(16-12-15-20-13-8-7-9-14-20)25-29-24(30-36-25)22-17-10-11-18-31(22)26(33)35-28(4,5)6/h20-22H,7-19H2,1-6H3/t21-,22+/m1/s1. The van der Waals surface area contributed by atoms with E-state index < -0.39 is 11.2 Å². The number of aromatic nitrogens is 2. The molecule has 3 rings (SSSR count). The lowest BCUT2D eigenvalue weighted by atomic mass is 9.84. The summed E-state index contributed by atoms with van der Waals surface area (Å²) in [6.45, 7) is 11.8. The third-order valence-electron chi connectivity index (χ3n) is 6.96. The highest BCUT2D eigenvalue weighted by molar-refractivity contribution is 5.71. The maximum absolute atomic E-state index is 12.9. The molecule has 0 aromatic carbocycles. The fourth-order valence-electron chi connectivity index (χ4n) is 5.31. The third-order valence-corrected chi connectivity index (χ3v) is 6.96. The number of hydrogen-bond donors (Lipinski definition) is 0. The Bertz CT molecular complexity index is 848. The van der Waals surface area contributed by atoms with Gasteiger partial charge in [0.25, 0.3) is 0 Å². The number of carbonyl (C=O) groups excluding carboxylic acids is 2. The van der Waals surface area contributed by atoms with Crippen molar-refractivity contribution < 1.29 is 23.6 Å². The van der Waals surface area contributed by atoms with E-state index in [4.69, 9.17) is 19.0 Å². The lowest BCUT2D eigenvalue weighted by molar-refractivity contribution is -0.155. The second kappa shape index (κ2) is 12.4. The number of carbonyl (C=O) groups is 2. The summed E-state index contributed by atoms with van der Waals surface area (Å²) in [4.78, 5) is 32.0. The predicted molar refractivity (Wildman–Crippen MR) is 137 cm³/mol. The largest absolute Gasteiger partial charge is 0.460 e. The van der Waals surface area contributed by atoms with E-state index in [-0.39, 0.29) is 30.4 Å². The molecule has 2 atom stereocenters. The van der Waals surface area contributed by atoms with Gasteiger partial charge < -0.3 is 14.0 Å². The Labute approximate surface area is 216 Å². The smallest absolute Gasteiger partial charge is 0.410 e. The molecular formula is C28H47N3O5. The van der Waals surface area contributed by atoms with E-state index in [0.717, 1.165) is 38.0 Å². The summed E-state index contributed by atoms with van der Waals surface area (Å²) in [5.74, 6) is 1.30. The van der Waals surface area contributed by atoms with Crippen LogP contribution in [0.2, 0.25) is 0 Å². The molecule has 8 heteroatoms. The van der Waals surface area contributed by atoms with Crippen molar-refractivity contribution in [2.75, 3.05) is 6.54 Å². The van der Waals surface area contributed by atoms with Crippen molar-refractivity contribution in [3.63, 3.8) is 0 Å². The number of ether oxygens (including phenoxy) is 2. The fraction of sp³-hybridized carbons (Fsp3) is 0.857. The molecule has 2 aliphatic rings. The van der Waals surface area contributed by atoms with Crippen molar-refractivity contribution in [1.29, 1.82) is 0 Å². The van der Waals surface area contributed by atoms with Crippen LogP contribution in [0.1, 0.15) is 142 Å². The zero-order valence-electron chi connectivity index (χ0n) is 23.3. The van der Waals surface area contributed by atoms with E-state index in [9.17, 15) is 9.59 Å². The molecule has 2 fully saturated rings. The molecule has 1 aromatic rings. The molecule has 0 radical (unpaired) electrons. The Hall–Kier alpha value is -2.12. The molecule has 1 aliphatic carbocycles. The van der Waals surface area contributed by atoms with E-state index in [2.05, 4.69) is 5.16 Å². The monoisotopic (exact) mass is 505 g/mol. The molecule has 204 valence electrons. The van der Waals surface area contributed by atoms with Crippen molar-refractivity contribution in [3.8, 4) is 0 Å². The summed E-state index contributed by atoms with van der Waals surface area (Å²) >= 11 is 0. The lowest BCUT2D eigenvalue weighted by Gasteiger charge is -2.35. The first kappa shape index (κ1) is 28.5. The minimum atomic E-state index is -0.571. The fourth-order valence-corrected chi connectivity index (χ4v) is 5.31. The van der Waals surface area contributed by atoms with Gasteiger partial charge in [-0.2, -0.15) is 4.98 Å². The second-order valence-electron chi connectivity index (χ2n) is 12.6. The van der Waals surface area contributed by atoms with Crippen LogP contribution >= 0.6 is 0 Å². The lowest BCUT2D eigenvalue weighted by Crippen LogP contribution is -2.42. The first-order chi connectivity index (χ1) is 16.9. The van der Waals surface area contributed by atoms with Crippen LogP contribution in [0.4, 0.5) is 4.79 Å². The Morgan fingerprint density at radius 2 is 1.64 bits per heavy atom. The first-order valence-electron chi connectivity index (χ1n) is 14.0. The van der Waals surface area contributed by atoms with E-state index in [1.54, 1.807) is 4.90 Å². The second-order valence-corrected chi connectivity index (χ2v) is 12.6. The van der Waals surface area contributed by atoms with Crippen LogP contribution in [0.15, 0.2) is 4.52 Å². The van der Waals surface area contributed by atoms with Gasteiger partial charge in [-0.25, -0.2) is 4.79 Å². The summed E-state index contributed by atoms with van der Waals surface area (Å²) in [6, 6.07) is -0.282. The summed E-state index contributed by atoms with van der Waals surface area (Å²) in [7, 11) is 0. The van der Waals surface area contributed by atoms with Gasteiger partial charge >= 0.3 is 12.1 Å². The van der Waals surface area contributed by atoms with Crippen LogP contribution in [0.3, 0.4) is 0 Å². The van der Waals surface area contributed by atoms with Crippen molar-refractivity contribution >= 4 is 12.1 Å². The van der Waals surface area contributed by atoms with Crippen LogP contribution in [0.25, 0.3) is 0 Å². The number of nitrogens with zero attached hydrogens (tertiary/aromatic N) is 3. The predicted octanol–water partition coefficient (Wildman–Crippen LogP) is 7.10. The van der Waals surface area contributed by atoms with E-state index >= 15 is 0 Å². The van der Waals surface area contributed by atoms with Gasteiger partial charge in [-0.1, -0.05) is 50.1 Å². The molecule has 0 unspecified atom stereocenters. The molecule has 0 N–H and O–H groups in total. The van der Waals surface area contributed by atoms with Gasteiger partial charge in [-0.3, -0.25) is 9.69 Å². The van der Waals surface area contributed by atoms with Crippen molar-refractivity contribution in [3.05, 3.63) is 11.7 Å². The van der Waals surface area contributed by atoms with Gasteiger partial charge in [0.1, 0.15) is 11.2 Å². The van der Waals surface area contributed by atoms with Crippen LogP contribution in [-0.4, -0.2) is 44.8 Å². The van der Waals surface area contributed by atoms with Crippen molar-refractivity contribution in [2.45, 2.75) is 142 Å². The number of esters is 1. The number of hydrogen-bond acceptors (Lipinski definition) is 7. The van der Waals surface area contributed by atoms with E-state index in [1.165, 1.54) is 38.5 Å². The number of piperidine rings is 1. The minimum Gasteiger partial charge on any atom is -0.460 e. The quantitative estimate of drug-likeness (QED) is 0.348. The van der Waals surface area contributed by atoms with Gasteiger partial charge in [0.05, 0.1) is 12.5 Å². The van der Waals surface area contributed by atoms with Crippen LogP contribution < -0.4 is 0 Å². The Kier molecular flexibility index (Phi) is 9.81. The molecule has 36 heavy (non-hydrogen) atoms. The van der Waals surface area contributed by atoms with E-state index in [1.807, 2.05) is 41.5 Å². The molecule has 1 amide bonds. The minimum absolute atomic E-state index is 0.191. The maximum Gasteiger partial charge on any atom is 0.410 e. The molecule has 1 saturated heterocycles. The average Bonchev–Trinajstić information content (AvgIpc) is 3.27. The number of rotatable bonds is 8. The van der Waals surface area contributed by atoms with Gasteiger partial charge in [-0.05, 0) is 73.1 Å². The van der Waals surface area contributed by atoms with Gasteiger partial charge in [0.15, 0.2) is 5.82 Å². The highest BCUT2D eigenvalue weighted by atomic mass is 16.6. The first-order valence-corrected chi connectivity index (χ1v) is 14.0. The zero-order valence-corrected chi connectivity index (χ0v) is 23.3. The molecular weight excluding hydrogens is 458 g/mol. The summed E-state index contributed by atoms with van der Waals surface area (Å²) in [5.41, 5.74) is -1.11. The highest BCUT2D eigenvalue weighted by Crippen LogP contribution is 2.34. The molecule has 2 heterocycles. The average molecular weight is 506 g/mol. The van der Waals surface area contributed by atoms with Gasteiger partial charge in [-0.15, -0.1) is 0 Å². The molecule has 1 saturated carbocycles. The molecule has 1 aliphatic heterocycles. The number of likely N-dealkylation sites (tertiary alicyclic amines) is 1. The van der Waals surface area contributed by atoms with E-state index in [0.29, 0.717) is 18.3 Å². The van der Waals surface area contributed by atoms with Crippen LogP contribution in [0, 0.1) is 5.92 Å². The SMILES string of the molecule is CC(C)(C)OC(=O)C[C@@H](CCCC1CCCCC1)c1nc([C@@H]2CCCCN2C(=O)OC(C)(C)C)no1. The molecule has 8 nitrogen and oxygen atoms in total. The normalized spacial score (nSPS) is 20.7. The third kappa shape index (κ3) is 9.07. The van der Waals surface area contributed by atoms with Gasteiger partial charge in [0.2, 0.25) is 5.89 Å². The molecule has 0 bridgehead atoms. The van der Waals surface area contributed by atoms with Crippen molar-refractivity contribution in [2.24, 2.45) is 5.92 Å². The van der Waals surface area contributed by atoms with Gasteiger partial charge in [0, 0.05) is 12.5 Å². The Morgan fingerprint density at radius 3 is 2.31 bits per heavy atom. The molecule has 0 spiro atoms. The van der Waals surface area contributed by atoms with Crippen LogP contribution in [0.5, 0.6) is 0 Å².